The first-order valence-electron chi connectivity index (χ1n) is 13.0. The second kappa shape index (κ2) is 10.3. The lowest BCUT2D eigenvalue weighted by molar-refractivity contribution is -0.135. The van der Waals surface area contributed by atoms with E-state index in [9.17, 15) is 14.4 Å². The van der Waals surface area contributed by atoms with Crippen molar-refractivity contribution in [2.45, 2.75) is 116 Å². The van der Waals surface area contributed by atoms with Gasteiger partial charge in [0, 0.05) is 30.6 Å². The van der Waals surface area contributed by atoms with E-state index in [0.29, 0.717) is 31.4 Å². The molecule has 1 fully saturated rings. The van der Waals surface area contributed by atoms with Gasteiger partial charge in [0.1, 0.15) is 5.54 Å². The highest BCUT2D eigenvalue weighted by atomic mass is 16.7. The molecule has 3 heterocycles. The second-order valence-corrected chi connectivity index (χ2v) is 12.0. The van der Waals surface area contributed by atoms with Crippen LogP contribution in [0.5, 0.6) is 6.01 Å². The Hall–Kier alpha value is -2.60. The lowest BCUT2D eigenvalue weighted by Crippen LogP contribution is -2.64. The summed E-state index contributed by atoms with van der Waals surface area (Å²) in [6.07, 6.45) is 2.82. The van der Waals surface area contributed by atoms with Gasteiger partial charge in [-0.1, -0.05) is 6.42 Å². The first-order chi connectivity index (χ1) is 17.0. The lowest BCUT2D eigenvalue weighted by atomic mass is 9.76. The predicted molar refractivity (Wildman–Crippen MR) is 139 cm³/mol. The fourth-order valence-corrected chi connectivity index (χ4v) is 4.91. The highest BCUT2D eigenvalue weighted by Crippen LogP contribution is 2.44. The Labute approximate surface area is 219 Å². The van der Waals surface area contributed by atoms with Crippen LogP contribution in [0.1, 0.15) is 86.8 Å². The monoisotopic (exact) mass is 519 g/mol. The molecule has 0 spiro atoms. The van der Waals surface area contributed by atoms with E-state index in [0.717, 1.165) is 0 Å². The van der Waals surface area contributed by atoms with Crippen molar-refractivity contribution >= 4 is 25.0 Å². The van der Waals surface area contributed by atoms with Crippen LogP contribution in [0.4, 0.5) is 4.79 Å². The minimum Gasteiger partial charge on any atom is -0.403 e. The second-order valence-electron chi connectivity index (χ2n) is 12.0. The molecule has 37 heavy (non-hydrogen) atoms. The molecule has 1 saturated heterocycles. The molecule has 2 unspecified atom stereocenters. The van der Waals surface area contributed by atoms with Crippen molar-refractivity contribution in [3.05, 3.63) is 11.9 Å². The van der Waals surface area contributed by atoms with Crippen LogP contribution in [-0.2, 0) is 25.4 Å². The SMILES string of the molecule is CCNC(=O)Oc1ncc2n1CC(NC(C)=O)(C(=O)NC(C)(C)C)C2CCCB1OC(C)(C)C(C)(C)O1. The normalized spacial score (nSPS) is 23.9. The molecule has 3 rings (SSSR count). The van der Waals surface area contributed by atoms with Gasteiger partial charge in [0.2, 0.25) is 11.8 Å². The van der Waals surface area contributed by atoms with E-state index < -0.39 is 34.3 Å². The van der Waals surface area contributed by atoms with Gasteiger partial charge in [-0.25, -0.2) is 9.78 Å². The number of nitrogens with one attached hydrogen (secondary N) is 3. The van der Waals surface area contributed by atoms with Crippen molar-refractivity contribution in [3.8, 4) is 6.01 Å². The van der Waals surface area contributed by atoms with Crippen molar-refractivity contribution in [1.82, 2.24) is 25.5 Å². The fourth-order valence-electron chi connectivity index (χ4n) is 4.91. The largest absolute Gasteiger partial charge is 0.457 e. The van der Waals surface area contributed by atoms with Crippen molar-refractivity contribution in [1.29, 1.82) is 0 Å². The molecule has 12 heteroatoms. The summed E-state index contributed by atoms with van der Waals surface area (Å²) in [5.41, 5.74) is -1.95. The molecule has 206 valence electrons. The first kappa shape index (κ1) is 29.0. The molecule has 11 nitrogen and oxygen atoms in total. The Balaban J connectivity index is 1.90. The van der Waals surface area contributed by atoms with Crippen LogP contribution in [0, 0.1) is 0 Å². The molecule has 1 aromatic heterocycles. The Morgan fingerprint density at radius 3 is 2.35 bits per heavy atom. The topological polar surface area (TPSA) is 133 Å². The number of imidazole rings is 1. The van der Waals surface area contributed by atoms with E-state index in [1.54, 1.807) is 17.7 Å². The minimum atomic E-state index is -1.29. The lowest BCUT2D eigenvalue weighted by Gasteiger charge is -2.37. The standard InChI is InChI=1S/C25H42BN5O6/c1-10-27-21(34)35-20-28-14-18-17(12-11-13-26-36-23(6,7)24(8,9)37-26)25(15-31(18)20,29-16(2)32)19(33)30-22(3,4)5/h14,17H,10-13,15H2,1-9H3,(H,27,34)(H,29,32)(H,30,33). The highest BCUT2D eigenvalue weighted by molar-refractivity contribution is 6.45. The van der Waals surface area contributed by atoms with Gasteiger partial charge in [-0.2, -0.15) is 0 Å². The van der Waals surface area contributed by atoms with Crippen molar-refractivity contribution in [2.24, 2.45) is 0 Å². The number of rotatable bonds is 8. The van der Waals surface area contributed by atoms with Crippen LogP contribution in [0.2, 0.25) is 6.32 Å². The fraction of sp³-hybridized carbons (Fsp3) is 0.760. The molecule has 2 aliphatic heterocycles. The number of carbonyl (C=O) groups excluding carboxylic acids is 3. The van der Waals surface area contributed by atoms with E-state index >= 15 is 0 Å². The number of carbonyl (C=O) groups is 3. The zero-order valence-corrected chi connectivity index (χ0v) is 23.6. The van der Waals surface area contributed by atoms with Crippen molar-refractivity contribution in [2.75, 3.05) is 6.54 Å². The summed E-state index contributed by atoms with van der Waals surface area (Å²) in [4.78, 5) is 42.6. The molecule has 0 radical (unpaired) electrons. The molecule has 0 saturated carbocycles. The van der Waals surface area contributed by atoms with Gasteiger partial charge >= 0.3 is 19.2 Å². The first-order valence-corrected chi connectivity index (χ1v) is 13.0. The molecule has 2 atom stereocenters. The summed E-state index contributed by atoms with van der Waals surface area (Å²) in [6.45, 7) is 17.4. The average Bonchev–Trinajstić information content (AvgIpc) is 3.30. The third-order valence-corrected chi connectivity index (χ3v) is 7.24. The summed E-state index contributed by atoms with van der Waals surface area (Å²) < 4.78 is 19.4. The van der Waals surface area contributed by atoms with E-state index in [-0.39, 0.29) is 31.5 Å². The summed E-state index contributed by atoms with van der Waals surface area (Å²) in [5.74, 6) is -1.05. The van der Waals surface area contributed by atoms with Crippen LogP contribution in [0.3, 0.4) is 0 Å². The van der Waals surface area contributed by atoms with E-state index in [4.69, 9.17) is 14.0 Å². The number of amides is 3. The number of aromatic nitrogens is 2. The van der Waals surface area contributed by atoms with Crippen molar-refractivity contribution in [3.63, 3.8) is 0 Å². The number of fused-ring (bicyclic) bond motifs is 1. The summed E-state index contributed by atoms with van der Waals surface area (Å²) in [7, 11) is -0.369. The third-order valence-electron chi connectivity index (χ3n) is 7.24. The van der Waals surface area contributed by atoms with Crippen LogP contribution >= 0.6 is 0 Å². The maximum absolute atomic E-state index is 13.8. The van der Waals surface area contributed by atoms with Gasteiger partial charge in [0.05, 0.1) is 23.9 Å². The molecule has 3 N–H and O–H groups in total. The Kier molecular flexibility index (Phi) is 8.05. The van der Waals surface area contributed by atoms with E-state index in [1.807, 2.05) is 48.5 Å². The van der Waals surface area contributed by atoms with Gasteiger partial charge in [0.25, 0.3) is 0 Å². The molecule has 3 amide bonds. The predicted octanol–water partition coefficient (Wildman–Crippen LogP) is 2.75. The van der Waals surface area contributed by atoms with Gasteiger partial charge in [-0.3, -0.25) is 14.2 Å². The molecular formula is C25H42BN5O6. The van der Waals surface area contributed by atoms with Crippen LogP contribution < -0.4 is 20.7 Å². The summed E-state index contributed by atoms with van der Waals surface area (Å²) in [6, 6.07) is 0.0766. The average molecular weight is 519 g/mol. The quantitative estimate of drug-likeness (QED) is 0.450. The Bertz CT molecular complexity index is 1020. The van der Waals surface area contributed by atoms with Gasteiger partial charge in [-0.15, -0.1) is 0 Å². The zero-order chi connectivity index (χ0) is 27.8. The van der Waals surface area contributed by atoms with Gasteiger partial charge in [-0.05, 0) is 68.1 Å². The maximum Gasteiger partial charge on any atom is 0.457 e. The van der Waals surface area contributed by atoms with E-state index in [2.05, 4.69) is 20.9 Å². The Morgan fingerprint density at radius 2 is 1.81 bits per heavy atom. The zero-order valence-electron chi connectivity index (χ0n) is 23.6. The number of hydrogen-bond acceptors (Lipinski definition) is 7. The third kappa shape index (κ3) is 6.11. The van der Waals surface area contributed by atoms with Gasteiger partial charge in [0.15, 0.2) is 0 Å². The molecule has 0 aliphatic carbocycles. The molecule has 1 aromatic rings. The molecule has 2 aliphatic rings. The number of ether oxygens (including phenoxy) is 1. The Morgan fingerprint density at radius 1 is 1.19 bits per heavy atom. The number of hydrogen-bond donors (Lipinski definition) is 3. The summed E-state index contributed by atoms with van der Waals surface area (Å²) in [5, 5.41) is 8.57. The van der Waals surface area contributed by atoms with Crippen LogP contribution in [0.15, 0.2) is 6.20 Å². The maximum atomic E-state index is 13.8. The summed E-state index contributed by atoms with van der Waals surface area (Å²) >= 11 is 0. The molecule has 0 bridgehead atoms. The smallest absolute Gasteiger partial charge is 0.403 e. The van der Waals surface area contributed by atoms with E-state index in [1.165, 1.54) is 6.92 Å². The van der Waals surface area contributed by atoms with Crippen LogP contribution in [-0.4, -0.2) is 63.4 Å². The molecule has 0 aromatic carbocycles. The van der Waals surface area contributed by atoms with Gasteiger partial charge < -0.3 is 30.0 Å². The van der Waals surface area contributed by atoms with Crippen molar-refractivity contribution < 1.29 is 28.4 Å². The van der Waals surface area contributed by atoms with Crippen LogP contribution in [0.25, 0.3) is 0 Å². The molecular weight excluding hydrogens is 477 g/mol. The highest BCUT2D eigenvalue weighted by Gasteiger charge is 2.55. The minimum absolute atomic E-state index is 0.0766. The number of nitrogens with zero attached hydrogens (tertiary/aromatic N) is 2.